The van der Waals surface area contributed by atoms with Gasteiger partial charge in [-0.15, -0.1) is 23.5 Å². The lowest BCUT2D eigenvalue weighted by Gasteiger charge is -2.19. The minimum absolute atomic E-state index is 0.275. The summed E-state index contributed by atoms with van der Waals surface area (Å²) in [7, 11) is 1.65. The average Bonchev–Trinajstić information content (AvgIpc) is 2.93. The van der Waals surface area contributed by atoms with E-state index in [2.05, 4.69) is 62.5 Å². The van der Waals surface area contributed by atoms with E-state index in [1.807, 2.05) is 23.5 Å². The van der Waals surface area contributed by atoms with Crippen molar-refractivity contribution in [2.45, 2.75) is 36.6 Å². The Balaban J connectivity index is 1.47. The van der Waals surface area contributed by atoms with Crippen LogP contribution in [0, 0.1) is 19.8 Å². The highest BCUT2D eigenvalue weighted by molar-refractivity contribution is 7.99. The van der Waals surface area contributed by atoms with E-state index in [-0.39, 0.29) is 6.79 Å². The predicted octanol–water partition coefficient (Wildman–Crippen LogP) is 5.16. The maximum absolute atomic E-state index is 6.05. The average molecular weight is 434 g/mol. The minimum atomic E-state index is 0.275. The number of fused-ring (bicyclic) bond motifs is 1. The van der Waals surface area contributed by atoms with Crippen LogP contribution in [0.15, 0.2) is 46.2 Å². The van der Waals surface area contributed by atoms with E-state index in [9.17, 15) is 0 Å². The largest absolute Gasteiger partial charge is 0.491 e. The molecule has 0 saturated carbocycles. The van der Waals surface area contributed by atoms with Crippen molar-refractivity contribution in [2.75, 3.05) is 38.6 Å². The van der Waals surface area contributed by atoms with E-state index in [0.29, 0.717) is 12.0 Å². The van der Waals surface area contributed by atoms with Crippen LogP contribution in [0.1, 0.15) is 18.1 Å². The summed E-state index contributed by atoms with van der Waals surface area (Å²) in [6.45, 7) is 8.47. The highest BCUT2D eigenvalue weighted by Crippen LogP contribution is 2.35. The van der Waals surface area contributed by atoms with Crippen LogP contribution in [0.3, 0.4) is 0 Å². The molecule has 1 aliphatic heterocycles. The van der Waals surface area contributed by atoms with Gasteiger partial charge >= 0.3 is 0 Å². The van der Waals surface area contributed by atoms with Crippen molar-refractivity contribution in [1.82, 2.24) is 5.32 Å². The molecule has 158 valence electrons. The summed E-state index contributed by atoms with van der Waals surface area (Å²) in [5.74, 6) is 4.55. The van der Waals surface area contributed by atoms with Crippen LogP contribution in [0.2, 0.25) is 0 Å². The lowest BCUT2D eigenvalue weighted by Crippen LogP contribution is -2.39. The molecule has 0 aliphatic carbocycles. The Bertz CT molecular complexity index is 800. The number of hydrogen-bond acceptors (Lipinski definition) is 6. The van der Waals surface area contributed by atoms with Gasteiger partial charge in [-0.3, -0.25) is 0 Å². The van der Waals surface area contributed by atoms with Crippen molar-refractivity contribution < 1.29 is 14.2 Å². The van der Waals surface area contributed by atoms with Gasteiger partial charge in [-0.25, -0.2) is 0 Å². The molecule has 0 spiro atoms. The van der Waals surface area contributed by atoms with E-state index in [0.717, 1.165) is 41.7 Å². The van der Waals surface area contributed by atoms with E-state index >= 15 is 0 Å². The highest BCUT2D eigenvalue weighted by atomic mass is 32.2. The summed E-state index contributed by atoms with van der Waals surface area (Å²) in [5.41, 5.74) is 2.43. The molecule has 1 aliphatic rings. The fourth-order valence-corrected chi connectivity index (χ4v) is 5.42. The molecule has 2 aromatic rings. The molecule has 2 aromatic carbocycles. The van der Waals surface area contributed by atoms with Crippen LogP contribution >= 0.6 is 23.5 Å². The lowest BCUT2D eigenvalue weighted by atomic mass is 10.2. The van der Waals surface area contributed by atoms with E-state index in [1.165, 1.54) is 15.4 Å². The summed E-state index contributed by atoms with van der Waals surface area (Å²) >= 11 is 3.74. The Kier molecular flexibility index (Phi) is 8.60. The number of aryl methyl sites for hydroxylation is 2. The summed E-state index contributed by atoms with van der Waals surface area (Å²) < 4.78 is 16.9. The lowest BCUT2D eigenvalue weighted by molar-refractivity contribution is 0.0486. The first-order valence-electron chi connectivity index (χ1n) is 10.0. The van der Waals surface area contributed by atoms with E-state index in [4.69, 9.17) is 14.2 Å². The van der Waals surface area contributed by atoms with Crippen molar-refractivity contribution >= 4 is 23.5 Å². The molecule has 0 bridgehead atoms. The Labute approximate surface area is 183 Å². The highest BCUT2D eigenvalue weighted by Gasteiger charge is 2.19. The number of thioether (sulfide) groups is 2. The molecule has 6 heteroatoms. The second-order valence-corrected chi connectivity index (χ2v) is 9.59. The standard InChI is InChI=1S/C23H31NO3S2/c1-16(13-28-21-10-6-7-17(2)22(21)27-15-25-4)11-24-19-12-26-20-9-5-8-18(3)23(20)29-14-19/h5-10,16,19,24H,11-15H2,1-4H3/t16-,19?/m1/s1. The van der Waals surface area contributed by atoms with Crippen molar-refractivity contribution in [3.63, 3.8) is 0 Å². The Morgan fingerprint density at radius 2 is 2.00 bits per heavy atom. The Morgan fingerprint density at radius 1 is 1.21 bits per heavy atom. The number of methoxy groups -OCH3 is 1. The zero-order chi connectivity index (χ0) is 20.6. The van der Waals surface area contributed by atoms with Crippen molar-refractivity contribution in [1.29, 1.82) is 0 Å². The van der Waals surface area contributed by atoms with Crippen LogP contribution in [0.25, 0.3) is 0 Å². The van der Waals surface area contributed by atoms with Crippen LogP contribution in [-0.4, -0.2) is 44.6 Å². The van der Waals surface area contributed by atoms with Gasteiger partial charge in [0.15, 0.2) is 6.79 Å². The first-order valence-corrected chi connectivity index (χ1v) is 12.0. The molecule has 0 radical (unpaired) electrons. The number of nitrogens with one attached hydrogen (secondary N) is 1. The van der Waals surface area contributed by atoms with Crippen molar-refractivity contribution in [2.24, 2.45) is 5.92 Å². The van der Waals surface area contributed by atoms with Gasteiger partial charge in [-0.2, -0.15) is 0 Å². The third-order valence-corrected chi connectivity index (χ3v) is 7.57. The minimum Gasteiger partial charge on any atom is -0.491 e. The first kappa shape index (κ1) is 22.3. The van der Waals surface area contributed by atoms with E-state index < -0.39 is 0 Å². The van der Waals surface area contributed by atoms with Gasteiger partial charge < -0.3 is 19.5 Å². The van der Waals surface area contributed by atoms with Crippen LogP contribution in [0.4, 0.5) is 0 Å². The van der Waals surface area contributed by atoms with Gasteiger partial charge in [-0.1, -0.05) is 31.2 Å². The normalized spacial score (nSPS) is 17.2. The molecule has 0 aromatic heterocycles. The Morgan fingerprint density at radius 3 is 2.83 bits per heavy atom. The number of ether oxygens (including phenoxy) is 3. The monoisotopic (exact) mass is 433 g/mol. The molecule has 2 atom stereocenters. The number of hydrogen-bond donors (Lipinski definition) is 1. The second-order valence-electron chi connectivity index (χ2n) is 7.50. The molecule has 29 heavy (non-hydrogen) atoms. The topological polar surface area (TPSA) is 39.7 Å². The number of rotatable bonds is 9. The summed E-state index contributed by atoms with van der Waals surface area (Å²) in [6.07, 6.45) is 0. The molecule has 0 amide bonds. The molecular weight excluding hydrogens is 402 g/mol. The number of benzene rings is 2. The van der Waals surface area contributed by atoms with Gasteiger partial charge in [0.05, 0.1) is 10.9 Å². The van der Waals surface area contributed by atoms with Gasteiger partial charge in [0.25, 0.3) is 0 Å². The molecular formula is C23H31NO3S2. The molecule has 1 heterocycles. The third-order valence-electron chi connectivity index (χ3n) is 4.82. The van der Waals surface area contributed by atoms with Gasteiger partial charge in [0, 0.05) is 23.5 Å². The van der Waals surface area contributed by atoms with E-state index in [1.54, 1.807) is 7.11 Å². The molecule has 1 unspecified atom stereocenters. The molecule has 1 N–H and O–H groups in total. The van der Waals surface area contributed by atoms with Crippen molar-refractivity contribution in [3.8, 4) is 11.5 Å². The summed E-state index contributed by atoms with van der Waals surface area (Å²) in [4.78, 5) is 2.46. The third kappa shape index (κ3) is 6.32. The summed E-state index contributed by atoms with van der Waals surface area (Å²) in [6, 6.07) is 12.9. The molecule has 0 saturated heterocycles. The quantitative estimate of drug-likeness (QED) is 0.435. The molecule has 4 nitrogen and oxygen atoms in total. The van der Waals surface area contributed by atoms with Crippen LogP contribution < -0.4 is 14.8 Å². The van der Waals surface area contributed by atoms with Crippen molar-refractivity contribution in [3.05, 3.63) is 47.5 Å². The fourth-order valence-electron chi connectivity index (χ4n) is 3.17. The fraction of sp³-hybridized carbons (Fsp3) is 0.478. The smallest absolute Gasteiger partial charge is 0.188 e. The van der Waals surface area contributed by atoms with Gasteiger partial charge in [0.2, 0.25) is 0 Å². The molecule has 0 fully saturated rings. The van der Waals surface area contributed by atoms with Crippen LogP contribution in [0.5, 0.6) is 11.5 Å². The maximum atomic E-state index is 6.05. The Hall–Kier alpha value is -1.34. The summed E-state index contributed by atoms with van der Waals surface area (Å²) in [5, 5.41) is 3.70. The second kappa shape index (κ2) is 11.2. The van der Waals surface area contributed by atoms with Gasteiger partial charge in [0.1, 0.15) is 18.1 Å². The maximum Gasteiger partial charge on any atom is 0.188 e. The van der Waals surface area contributed by atoms with Crippen LogP contribution in [-0.2, 0) is 4.74 Å². The first-order chi connectivity index (χ1) is 14.1. The molecule has 3 rings (SSSR count). The predicted molar refractivity (Wildman–Crippen MR) is 123 cm³/mol. The zero-order valence-corrected chi connectivity index (χ0v) is 19.3. The van der Waals surface area contributed by atoms with Gasteiger partial charge in [-0.05, 0) is 49.6 Å². The SMILES string of the molecule is COCOc1c(C)cccc1SC[C@H](C)CNC1COc2cccc(C)c2SC1. The zero-order valence-electron chi connectivity index (χ0n) is 17.7. The number of para-hydroxylation sites is 1.